The number of aryl methyl sites for hydroxylation is 1. The highest BCUT2D eigenvalue weighted by Gasteiger charge is 2.42. The number of nitrogens with one attached hydrogen (secondary N) is 1. The quantitative estimate of drug-likeness (QED) is 0.559. The van der Waals surface area contributed by atoms with Crippen LogP contribution in [0.5, 0.6) is 0 Å². The summed E-state index contributed by atoms with van der Waals surface area (Å²) >= 11 is 0. The normalized spacial score (nSPS) is 23.7. The van der Waals surface area contributed by atoms with Crippen molar-refractivity contribution in [3.63, 3.8) is 0 Å². The summed E-state index contributed by atoms with van der Waals surface area (Å²) in [7, 11) is 0. The molecule has 0 radical (unpaired) electrons. The van der Waals surface area contributed by atoms with Crippen LogP contribution in [0, 0.1) is 6.92 Å². The molecule has 1 aliphatic rings. The van der Waals surface area contributed by atoms with E-state index in [1.165, 1.54) is 10.8 Å². The number of aromatic nitrogens is 5. The fourth-order valence-electron chi connectivity index (χ4n) is 3.47. The second-order valence-electron chi connectivity index (χ2n) is 6.61. The van der Waals surface area contributed by atoms with E-state index in [4.69, 9.17) is 4.74 Å². The third-order valence-electron chi connectivity index (χ3n) is 4.85. The molecule has 10 heteroatoms. The van der Waals surface area contributed by atoms with Gasteiger partial charge in [0, 0.05) is 18.2 Å². The molecule has 1 fully saturated rings. The number of benzene rings is 1. The number of para-hydroxylation sites is 1. The first-order valence-corrected chi connectivity index (χ1v) is 8.56. The second-order valence-corrected chi connectivity index (χ2v) is 6.61. The van der Waals surface area contributed by atoms with Crippen LogP contribution in [-0.4, -0.2) is 53.6 Å². The lowest BCUT2D eigenvalue weighted by molar-refractivity contribution is -0.0837. The van der Waals surface area contributed by atoms with E-state index >= 15 is 0 Å². The van der Waals surface area contributed by atoms with Crippen molar-refractivity contribution in [2.45, 2.75) is 37.8 Å². The summed E-state index contributed by atoms with van der Waals surface area (Å²) in [5.74, 6) is 0. The molecule has 1 aromatic carbocycles. The van der Waals surface area contributed by atoms with Crippen molar-refractivity contribution >= 4 is 11.0 Å². The summed E-state index contributed by atoms with van der Waals surface area (Å²) in [6.45, 7) is 1.09. The Morgan fingerprint density at radius 1 is 1.37 bits per heavy atom. The van der Waals surface area contributed by atoms with Crippen LogP contribution in [0.3, 0.4) is 0 Å². The predicted octanol–water partition coefficient (Wildman–Crippen LogP) is -0.528. The Labute approximate surface area is 152 Å². The van der Waals surface area contributed by atoms with Crippen LogP contribution in [0.1, 0.15) is 24.3 Å². The van der Waals surface area contributed by atoms with Crippen molar-refractivity contribution in [2.75, 3.05) is 6.61 Å². The monoisotopic (exact) mass is 373 g/mol. The molecule has 0 amide bonds. The molecule has 3 N–H and O–H groups in total. The van der Waals surface area contributed by atoms with Gasteiger partial charge in [-0.1, -0.05) is 17.3 Å². The van der Waals surface area contributed by atoms with Crippen LogP contribution in [0.25, 0.3) is 11.0 Å². The second kappa shape index (κ2) is 6.72. The first-order valence-electron chi connectivity index (χ1n) is 8.56. The summed E-state index contributed by atoms with van der Waals surface area (Å²) < 4.78 is 8.83. The average Bonchev–Trinajstić information content (AvgIpc) is 3.28. The number of H-pyrrole nitrogens is 1. The molecular weight excluding hydrogens is 354 g/mol. The molecule has 1 saturated heterocycles. The van der Waals surface area contributed by atoms with E-state index in [1.54, 1.807) is 11.6 Å². The van der Waals surface area contributed by atoms with Gasteiger partial charge in [-0.25, -0.2) is 9.48 Å². The molecule has 4 rings (SSSR count). The Bertz CT molecular complexity index is 1090. The predicted molar refractivity (Wildman–Crippen MR) is 94.2 cm³/mol. The van der Waals surface area contributed by atoms with Crippen molar-refractivity contribution in [3.05, 3.63) is 56.9 Å². The van der Waals surface area contributed by atoms with Gasteiger partial charge in [-0.15, -0.1) is 5.10 Å². The fourth-order valence-corrected chi connectivity index (χ4v) is 3.47. The highest BCUT2D eigenvalue weighted by Crippen LogP contribution is 2.38. The molecule has 3 heterocycles. The zero-order chi connectivity index (χ0) is 19.1. The summed E-state index contributed by atoms with van der Waals surface area (Å²) in [6, 6.07) is 6.91. The zero-order valence-electron chi connectivity index (χ0n) is 14.5. The van der Waals surface area contributed by atoms with Gasteiger partial charge in [-0.05, 0) is 19.1 Å². The van der Waals surface area contributed by atoms with Gasteiger partial charge in [0.1, 0.15) is 24.0 Å². The summed E-state index contributed by atoms with van der Waals surface area (Å²) in [5, 5.41) is 28.0. The van der Waals surface area contributed by atoms with E-state index in [-0.39, 0.29) is 0 Å². The molecule has 0 unspecified atom stereocenters. The molecule has 142 valence electrons. The topological polar surface area (TPSA) is 135 Å². The summed E-state index contributed by atoms with van der Waals surface area (Å²) in [4.78, 5) is 26.1. The molecule has 0 bridgehead atoms. The maximum Gasteiger partial charge on any atom is 0.330 e. The molecule has 2 aromatic heterocycles. The summed E-state index contributed by atoms with van der Waals surface area (Å²) in [6.07, 6.45) is -0.963. The molecule has 0 saturated carbocycles. The van der Waals surface area contributed by atoms with Crippen molar-refractivity contribution in [3.8, 4) is 0 Å². The Hall–Kier alpha value is -2.82. The van der Waals surface area contributed by atoms with Crippen molar-refractivity contribution in [1.82, 2.24) is 24.5 Å². The van der Waals surface area contributed by atoms with E-state index in [1.807, 2.05) is 24.3 Å². The number of hydrogen-bond donors (Lipinski definition) is 3. The lowest BCUT2D eigenvalue weighted by Gasteiger charge is -2.22. The summed E-state index contributed by atoms with van der Waals surface area (Å²) in [5.41, 5.74) is 0.756. The van der Waals surface area contributed by atoms with Crippen molar-refractivity contribution in [1.29, 1.82) is 0 Å². The van der Waals surface area contributed by atoms with Gasteiger partial charge < -0.3 is 14.9 Å². The minimum Gasteiger partial charge on any atom is -0.394 e. The van der Waals surface area contributed by atoms with Crippen molar-refractivity contribution < 1.29 is 14.9 Å². The fraction of sp³-hybridized carbons (Fsp3) is 0.412. The number of aromatic amines is 1. The van der Waals surface area contributed by atoms with Crippen LogP contribution in [0.15, 0.2) is 40.1 Å². The third-order valence-corrected chi connectivity index (χ3v) is 4.85. The molecule has 4 atom stereocenters. The highest BCUT2D eigenvalue weighted by atomic mass is 16.5. The van der Waals surface area contributed by atoms with Gasteiger partial charge in [-0.2, -0.15) is 0 Å². The van der Waals surface area contributed by atoms with Crippen LogP contribution in [0.2, 0.25) is 0 Å². The maximum absolute atomic E-state index is 12.2. The Morgan fingerprint density at radius 3 is 2.93 bits per heavy atom. The largest absolute Gasteiger partial charge is 0.394 e. The zero-order valence-corrected chi connectivity index (χ0v) is 14.5. The SMILES string of the molecule is Cc1cn([C@@H]2C[C@H](n3nnc4ccccc43)[C@@H]([C@H](O)CO)O2)c(=O)[nH]c1=O. The van der Waals surface area contributed by atoms with Crippen LogP contribution in [0.4, 0.5) is 0 Å². The first-order chi connectivity index (χ1) is 13.0. The van der Waals surface area contributed by atoms with Gasteiger partial charge >= 0.3 is 5.69 Å². The molecule has 10 nitrogen and oxygen atoms in total. The lowest BCUT2D eigenvalue weighted by Crippen LogP contribution is -2.36. The highest BCUT2D eigenvalue weighted by molar-refractivity contribution is 5.74. The molecular formula is C17H19N5O5. The van der Waals surface area contributed by atoms with Crippen LogP contribution in [-0.2, 0) is 4.74 Å². The Morgan fingerprint density at radius 2 is 2.15 bits per heavy atom. The van der Waals surface area contributed by atoms with Gasteiger partial charge in [0.15, 0.2) is 0 Å². The van der Waals surface area contributed by atoms with Gasteiger partial charge in [0.2, 0.25) is 0 Å². The van der Waals surface area contributed by atoms with Gasteiger partial charge in [0.05, 0.1) is 18.2 Å². The number of aliphatic hydroxyl groups excluding tert-OH is 2. The number of hydrogen-bond acceptors (Lipinski definition) is 7. The molecule has 0 spiro atoms. The van der Waals surface area contributed by atoms with E-state index in [2.05, 4.69) is 15.3 Å². The number of fused-ring (bicyclic) bond motifs is 1. The molecule has 1 aliphatic heterocycles. The molecule has 3 aromatic rings. The Balaban J connectivity index is 1.76. The number of ether oxygens (including phenoxy) is 1. The molecule has 27 heavy (non-hydrogen) atoms. The lowest BCUT2D eigenvalue weighted by atomic mass is 10.0. The smallest absolute Gasteiger partial charge is 0.330 e. The average molecular weight is 373 g/mol. The minimum atomic E-state index is -1.16. The van der Waals surface area contributed by atoms with Gasteiger partial charge in [-0.3, -0.25) is 14.3 Å². The van der Waals surface area contributed by atoms with E-state index < -0.39 is 42.3 Å². The standard InChI is InChI=1S/C17H19N5O5/c1-9-7-21(17(26)18-16(9)25)14-6-12(15(27-14)13(24)8-23)22-11-5-3-2-4-10(11)19-20-22/h2-5,7,12-15,23-24H,6,8H2,1H3,(H,18,25,26)/t12-,13+,14-,15-/m0/s1. The number of rotatable bonds is 4. The van der Waals surface area contributed by atoms with Crippen molar-refractivity contribution in [2.24, 2.45) is 0 Å². The first kappa shape index (κ1) is 17.6. The van der Waals surface area contributed by atoms with Gasteiger partial charge in [0.25, 0.3) is 5.56 Å². The minimum absolute atomic E-state index is 0.306. The number of aliphatic hydroxyl groups is 2. The third kappa shape index (κ3) is 2.97. The van der Waals surface area contributed by atoms with E-state index in [9.17, 15) is 19.8 Å². The number of nitrogens with zero attached hydrogens (tertiary/aromatic N) is 4. The van der Waals surface area contributed by atoms with E-state index in [0.29, 0.717) is 17.5 Å². The maximum atomic E-state index is 12.2. The van der Waals surface area contributed by atoms with E-state index in [0.717, 1.165) is 5.52 Å². The van der Waals surface area contributed by atoms with Crippen LogP contribution >= 0.6 is 0 Å². The molecule has 0 aliphatic carbocycles. The Kier molecular flexibility index (Phi) is 4.38. The van der Waals surface area contributed by atoms with Crippen LogP contribution < -0.4 is 11.2 Å².